The first kappa shape index (κ1) is 20.4. The van der Waals surface area contributed by atoms with Crippen LogP contribution in [0.15, 0.2) is 109 Å². The molecule has 1 aliphatic carbocycles. The lowest BCUT2D eigenvalue weighted by Gasteiger charge is -2.18. The van der Waals surface area contributed by atoms with E-state index in [2.05, 4.69) is 108 Å². The standard InChI is InChI=1S/C34H23N3/c1-2-13-25-23(10-1)21-29(27-15-4-3-14-26(25)27)22-11-9-12-24(20-22)32-34-33(28-16-5-6-17-30(28)35-32)36-31-18-7-8-19-37(31)34/h2-9,11-21H,1,10H2. The Labute approximate surface area is 214 Å². The summed E-state index contributed by atoms with van der Waals surface area (Å²) in [5.41, 5.74) is 11.3. The van der Waals surface area contributed by atoms with Crippen molar-refractivity contribution in [3.63, 3.8) is 0 Å². The van der Waals surface area contributed by atoms with E-state index in [4.69, 9.17) is 9.97 Å². The van der Waals surface area contributed by atoms with Crippen molar-refractivity contribution in [3.8, 4) is 22.4 Å². The molecule has 0 fully saturated rings. The second-order valence-corrected chi connectivity index (χ2v) is 9.78. The number of benzene rings is 4. The minimum Gasteiger partial charge on any atom is -0.298 e. The van der Waals surface area contributed by atoms with E-state index in [1.165, 1.54) is 33.0 Å². The molecule has 0 aliphatic heterocycles. The maximum atomic E-state index is 5.19. The van der Waals surface area contributed by atoms with Crippen LogP contribution >= 0.6 is 0 Å². The van der Waals surface area contributed by atoms with Gasteiger partial charge in [0.2, 0.25) is 0 Å². The van der Waals surface area contributed by atoms with Gasteiger partial charge >= 0.3 is 0 Å². The Morgan fingerprint density at radius 1 is 0.676 bits per heavy atom. The number of aryl methyl sites for hydroxylation is 1. The highest BCUT2D eigenvalue weighted by atomic mass is 15.0. The van der Waals surface area contributed by atoms with E-state index in [-0.39, 0.29) is 0 Å². The molecule has 174 valence electrons. The smallest absolute Gasteiger partial charge is 0.137 e. The van der Waals surface area contributed by atoms with E-state index < -0.39 is 0 Å². The summed E-state index contributed by atoms with van der Waals surface area (Å²) in [5, 5.41) is 3.69. The molecule has 3 heteroatoms. The first-order valence-electron chi connectivity index (χ1n) is 12.8. The number of nitrogens with zero attached hydrogens (tertiary/aromatic N) is 3. The monoisotopic (exact) mass is 473 g/mol. The summed E-state index contributed by atoms with van der Waals surface area (Å²) in [5.74, 6) is 0. The number of imidazole rings is 1. The fourth-order valence-electron chi connectivity index (χ4n) is 5.93. The predicted octanol–water partition coefficient (Wildman–Crippen LogP) is 8.48. The Bertz CT molecular complexity index is 2040. The van der Waals surface area contributed by atoms with Gasteiger partial charge in [0.1, 0.15) is 11.2 Å². The van der Waals surface area contributed by atoms with Crippen molar-refractivity contribution in [1.82, 2.24) is 14.4 Å². The lowest BCUT2D eigenvalue weighted by molar-refractivity contribution is 0.990. The SMILES string of the molecule is C1=Cc2c(cc(-c3cccc(-c4nc5ccccc5c5nc6ccccn6c45)c3)c3ccccc23)CC1. The summed E-state index contributed by atoms with van der Waals surface area (Å²) >= 11 is 0. The molecule has 0 spiro atoms. The summed E-state index contributed by atoms with van der Waals surface area (Å²) in [6.45, 7) is 0. The summed E-state index contributed by atoms with van der Waals surface area (Å²) in [6, 6.07) is 34.5. The van der Waals surface area contributed by atoms with Gasteiger partial charge in [-0.05, 0) is 76.2 Å². The van der Waals surface area contributed by atoms with E-state index >= 15 is 0 Å². The number of para-hydroxylation sites is 1. The molecule has 0 amide bonds. The van der Waals surface area contributed by atoms with Crippen molar-refractivity contribution in [2.45, 2.75) is 12.8 Å². The molecule has 0 N–H and O–H groups in total. The van der Waals surface area contributed by atoms with Crippen molar-refractivity contribution in [3.05, 3.63) is 120 Å². The molecular weight excluding hydrogens is 450 g/mol. The van der Waals surface area contributed by atoms with E-state index in [0.29, 0.717) is 0 Å². The summed E-state index contributed by atoms with van der Waals surface area (Å²) in [7, 11) is 0. The number of pyridine rings is 2. The molecule has 0 radical (unpaired) electrons. The molecule has 4 aromatic carbocycles. The Morgan fingerprint density at radius 3 is 2.43 bits per heavy atom. The average molecular weight is 474 g/mol. The number of allylic oxidation sites excluding steroid dienone is 1. The molecule has 0 atom stereocenters. The van der Waals surface area contributed by atoms with Crippen molar-refractivity contribution < 1.29 is 0 Å². The second kappa shape index (κ2) is 7.87. The molecule has 7 aromatic rings. The van der Waals surface area contributed by atoms with Crippen LogP contribution in [-0.4, -0.2) is 14.4 Å². The first-order chi connectivity index (χ1) is 18.3. The van der Waals surface area contributed by atoms with E-state index in [9.17, 15) is 0 Å². The first-order valence-corrected chi connectivity index (χ1v) is 12.8. The van der Waals surface area contributed by atoms with Crippen LogP contribution in [0.2, 0.25) is 0 Å². The summed E-state index contributed by atoms with van der Waals surface area (Å²) < 4.78 is 2.16. The highest BCUT2D eigenvalue weighted by Gasteiger charge is 2.18. The van der Waals surface area contributed by atoms with Crippen molar-refractivity contribution in [2.24, 2.45) is 0 Å². The molecule has 0 saturated heterocycles. The van der Waals surface area contributed by atoms with Crippen molar-refractivity contribution >= 4 is 44.4 Å². The zero-order valence-electron chi connectivity index (χ0n) is 20.2. The second-order valence-electron chi connectivity index (χ2n) is 9.78. The van der Waals surface area contributed by atoms with Gasteiger partial charge in [-0.15, -0.1) is 0 Å². The third-order valence-electron chi connectivity index (χ3n) is 7.63. The Morgan fingerprint density at radius 2 is 1.49 bits per heavy atom. The molecule has 37 heavy (non-hydrogen) atoms. The lowest BCUT2D eigenvalue weighted by Crippen LogP contribution is -1.97. The van der Waals surface area contributed by atoms with Gasteiger partial charge in [0.05, 0.1) is 16.7 Å². The Kier molecular flexibility index (Phi) is 4.35. The number of rotatable bonds is 2. The lowest BCUT2D eigenvalue weighted by atomic mass is 9.87. The largest absolute Gasteiger partial charge is 0.298 e. The third kappa shape index (κ3) is 3.07. The van der Waals surface area contributed by atoms with Crippen LogP contribution in [0.5, 0.6) is 0 Å². The van der Waals surface area contributed by atoms with Gasteiger partial charge in [0, 0.05) is 17.1 Å². The maximum absolute atomic E-state index is 5.19. The molecule has 0 bridgehead atoms. The van der Waals surface area contributed by atoms with Crippen molar-refractivity contribution in [1.29, 1.82) is 0 Å². The Balaban J connectivity index is 1.42. The fraction of sp³-hybridized carbons (Fsp3) is 0.0588. The number of hydrogen-bond donors (Lipinski definition) is 0. The van der Waals surface area contributed by atoms with Gasteiger partial charge in [-0.1, -0.05) is 78.9 Å². The minimum atomic E-state index is 0.932. The van der Waals surface area contributed by atoms with Gasteiger partial charge in [-0.3, -0.25) is 4.40 Å². The van der Waals surface area contributed by atoms with E-state index in [1.807, 2.05) is 12.1 Å². The van der Waals surface area contributed by atoms with Gasteiger partial charge in [-0.2, -0.15) is 0 Å². The van der Waals surface area contributed by atoms with Crippen LogP contribution < -0.4 is 0 Å². The van der Waals surface area contributed by atoms with Gasteiger partial charge in [0.15, 0.2) is 0 Å². The van der Waals surface area contributed by atoms with Crippen LogP contribution in [0.25, 0.3) is 66.8 Å². The number of hydrogen-bond acceptors (Lipinski definition) is 2. The summed E-state index contributed by atoms with van der Waals surface area (Å²) in [4.78, 5) is 10.2. The average Bonchev–Trinajstić information content (AvgIpc) is 3.36. The van der Waals surface area contributed by atoms with Gasteiger partial charge < -0.3 is 0 Å². The fourth-order valence-corrected chi connectivity index (χ4v) is 5.93. The molecule has 8 rings (SSSR count). The molecule has 3 nitrogen and oxygen atoms in total. The predicted molar refractivity (Wildman–Crippen MR) is 154 cm³/mol. The topological polar surface area (TPSA) is 30.2 Å². The van der Waals surface area contributed by atoms with Crippen molar-refractivity contribution in [2.75, 3.05) is 0 Å². The van der Waals surface area contributed by atoms with E-state index in [0.717, 1.165) is 51.7 Å². The molecular formula is C34H23N3. The van der Waals surface area contributed by atoms with E-state index in [1.54, 1.807) is 0 Å². The maximum Gasteiger partial charge on any atom is 0.137 e. The molecule has 0 unspecified atom stereocenters. The van der Waals surface area contributed by atoms with Gasteiger partial charge in [-0.25, -0.2) is 9.97 Å². The Hall–Kier alpha value is -4.76. The molecule has 3 aromatic heterocycles. The highest BCUT2D eigenvalue weighted by molar-refractivity contribution is 6.09. The van der Waals surface area contributed by atoms with Crippen LogP contribution in [0, 0.1) is 0 Å². The van der Waals surface area contributed by atoms with Crippen LogP contribution in [0.3, 0.4) is 0 Å². The molecule has 1 aliphatic rings. The zero-order valence-corrected chi connectivity index (χ0v) is 20.2. The third-order valence-corrected chi connectivity index (χ3v) is 7.63. The summed E-state index contributed by atoms with van der Waals surface area (Å²) in [6.07, 6.45) is 8.85. The number of aromatic nitrogens is 3. The minimum absolute atomic E-state index is 0.932. The normalized spacial score (nSPS) is 13.1. The quantitative estimate of drug-likeness (QED) is 0.252. The highest BCUT2D eigenvalue weighted by Crippen LogP contribution is 2.39. The van der Waals surface area contributed by atoms with Gasteiger partial charge in [0.25, 0.3) is 0 Å². The molecule has 3 heterocycles. The number of fused-ring (bicyclic) bond motifs is 8. The molecule has 0 saturated carbocycles. The zero-order chi connectivity index (χ0) is 24.3. The van der Waals surface area contributed by atoms with Crippen LogP contribution in [0.1, 0.15) is 17.5 Å². The van der Waals surface area contributed by atoms with Crippen LogP contribution in [-0.2, 0) is 6.42 Å². The van der Waals surface area contributed by atoms with Crippen LogP contribution in [0.4, 0.5) is 0 Å².